The number of rotatable bonds is 2. The van der Waals surface area contributed by atoms with Crippen molar-refractivity contribution in [2.45, 2.75) is 11.5 Å². The van der Waals surface area contributed by atoms with E-state index >= 15 is 0 Å². The van der Waals surface area contributed by atoms with Gasteiger partial charge in [-0.15, -0.1) is 0 Å². The molecule has 3 atom stereocenters. The van der Waals surface area contributed by atoms with Crippen LogP contribution >= 0.6 is 11.6 Å². The summed E-state index contributed by atoms with van der Waals surface area (Å²) < 4.78 is 5.11. The van der Waals surface area contributed by atoms with Crippen molar-refractivity contribution in [3.8, 4) is 6.07 Å². The number of hydrogen-bond donors (Lipinski definition) is 1. The summed E-state index contributed by atoms with van der Waals surface area (Å²) in [5.41, 5.74) is -1.31. The number of fused-ring (bicyclic) bond motifs is 2. The molecule has 0 aromatic heterocycles. The van der Waals surface area contributed by atoms with Crippen molar-refractivity contribution in [3.05, 3.63) is 64.7 Å². The predicted octanol–water partition coefficient (Wildman–Crippen LogP) is 2.90. The molecule has 2 aromatic rings. The van der Waals surface area contributed by atoms with Crippen molar-refractivity contribution in [1.82, 2.24) is 4.90 Å². The van der Waals surface area contributed by atoms with Crippen LogP contribution in [0.1, 0.15) is 17.0 Å². The van der Waals surface area contributed by atoms with Gasteiger partial charge in [-0.1, -0.05) is 41.9 Å². The van der Waals surface area contributed by atoms with Crippen molar-refractivity contribution in [3.63, 3.8) is 0 Å². The van der Waals surface area contributed by atoms with Gasteiger partial charge in [0.05, 0.1) is 13.2 Å². The Balaban J connectivity index is 2.04. The molecule has 6 nitrogen and oxygen atoms in total. The van der Waals surface area contributed by atoms with E-state index in [2.05, 4.69) is 11.4 Å². The van der Waals surface area contributed by atoms with Crippen LogP contribution in [0.5, 0.6) is 0 Å². The number of esters is 1. The maximum Gasteiger partial charge on any atom is 0.329 e. The van der Waals surface area contributed by atoms with Crippen molar-refractivity contribution in [2.24, 2.45) is 5.41 Å². The molecule has 142 valence electrons. The lowest BCUT2D eigenvalue weighted by atomic mass is 9.61. The predicted molar refractivity (Wildman–Crippen MR) is 104 cm³/mol. The maximum atomic E-state index is 13.4. The molecule has 1 fully saturated rings. The first-order chi connectivity index (χ1) is 13.4. The molecule has 0 unspecified atom stereocenters. The van der Waals surface area contributed by atoms with E-state index in [1.54, 1.807) is 60.5 Å². The lowest BCUT2D eigenvalue weighted by Gasteiger charge is -2.39. The number of anilines is 1. The number of nitrogens with zero attached hydrogens (tertiary/aromatic N) is 2. The molecule has 7 heteroatoms. The summed E-state index contributed by atoms with van der Waals surface area (Å²) in [6, 6.07) is 16.4. The molecule has 2 aromatic carbocycles. The number of ether oxygens (including phenoxy) is 1. The first kappa shape index (κ1) is 18.5. The molecule has 0 radical (unpaired) electrons. The van der Waals surface area contributed by atoms with E-state index in [-0.39, 0.29) is 0 Å². The molecule has 0 aliphatic carbocycles. The Morgan fingerprint density at radius 3 is 2.61 bits per heavy atom. The number of para-hydroxylation sites is 1. The van der Waals surface area contributed by atoms with E-state index in [4.69, 9.17) is 16.3 Å². The Morgan fingerprint density at radius 1 is 1.29 bits per heavy atom. The minimum Gasteiger partial charge on any atom is -0.468 e. The first-order valence-electron chi connectivity index (χ1n) is 8.80. The molecule has 0 bridgehead atoms. The van der Waals surface area contributed by atoms with E-state index in [9.17, 15) is 14.9 Å². The molecule has 28 heavy (non-hydrogen) atoms. The van der Waals surface area contributed by atoms with Gasteiger partial charge < -0.3 is 10.1 Å². The SMILES string of the molecule is COC(=O)[C@]1(C#N)[C@@H](c2ccc(Cl)cc2)CN(C)[C@@]12C(=O)Nc1ccccc12. The van der Waals surface area contributed by atoms with Gasteiger partial charge in [-0.3, -0.25) is 14.5 Å². The Hall–Kier alpha value is -2.88. The Bertz CT molecular complexity index is 1020. The van der Waals surface area contributed by atoms with Crippen LogP contribution in [-0.2, 0) is 19.9 Å². The second-order valence-electron chi connectivity index (χ2n) is 7.11. The van der Waals surface area contributed by atoms with E-state index in [1.165, 1.54) is 7.11 Å². The summed E-state index contributed by atoms with van der Waals surface area (Å²) in [5, 5.41) is 13.8. The summed E-state index contributed by atoms with van der Waals surface area (Å²) in [5.74, 6) is -1.71. The number of methoxy groups -OCH3 is 1. The third kappa shape index (κ3) is 2.06. The molecule has 4 rings (SSSR count). The third-order valence-electron chi connectivity index (χ3n) is 5.97. The summed E-state index contributed by atoms with van der Waals surface area (Å²) >= 11 is 6.02. The molecular formula is C21H18ClN3O3. The van der Waals surface area contributed by atoms with Crippen LogP contribution in [0.3, 0.4) is 0 Å². The topological polar surface area (TPSA) is 82.4 Å². The van der Waals surface area contributed by atoms with Gasteiger partial charge in [0.2, 0.25) is 0 Å². The molecule has 1 saturated heterocycles. The number of likely N-dealkylation sites (tertiary alicyclic amines) is 1. The van der Waals surface area contributed by atoms with Crippen LogP contribution in [-0.4, -0.2) is 37.5 Å². The number of nitrogens with one attached hydrogen (secondary N) is 1. The fourth-order valence-corrected chi connectivity index (χ4v) is 4.95. The lowest BCUT2D eigenvalue weighted by molar-refractivity contribution is -0.158. The number of likely N-dealkylation sites (N-methyl/N-ethyl adjacent to an activating group) is 1. The van der Waals surface area contributed by atoms with Gasteiger partial charge in [0.25, 0.3) is 5.91 Å². The minimum atomic E-state index is -1.76. The van der Waals surface area contributed by atoms with Crippen LogP contribution in [0.2, 0.25) is 5.02 Å². The molecule has 2 aliphatic rings. The molecule has 0 saturated carbocycles. The second-order valence-corrected chi connectivity index (χ2v) is 7.54. The molecule has 2 aliphatic heterocycles. The van der Waals surface area contributed by atoms with Crippen LogP contribution in [0.15, 0.2) is 48.5 Å². The highest BCUT2D eigenvalue weighted by molar-refractivity contribution is 6.30. The number of carbonyl (C=O) groups is 2. The Labute approximate surface area is 167 Å². The zero-order chi connectivity index (χ0) is 20.1. The van der Waals surface area contributed by atoms with Gasteiger partial charge in [0.1, 0.15) is 0 Å². The van der Waals surface area contributed by atoms with Gasteiger partial charge in [-0.05, 0) is 30.8 Å². The smallest absolute Gasteiger partial charge is 0.329 e. The summed E-state index contributed by atoms with van der Waals surface area (Å²) in [6.07, 6.45) is 0. The first-order valence-corrected chi connectivity index (χ1v) is 9.18. The monoisotopic (exact) mass is 395 g/mol. The minimum absolute atomic E-state index is 0.325. The van der Waals surface area contributed by atoms with Gasteiger partial charge >= 0.3 is 5.97 Å². The molecule has 1 spiro atoms. The summed E-state index contributed by atoms with van der Waals surface area (Å²) in [4.78, 5) is 28.3. The van der Waals surface area contributed by atoms with Crippen molar-refractivity contribution in [1.29, 1.82) is 5.26 Å². The zero-order valence-corrected chi connectivity index (χ0v) is 16.2. The van der Waals surface area contributed by atoms with Crippen LogP contribution < -0.4 is 5.32 Å². The largest absolute Gasteiger partial charge is 0.468 e. The fraction of sp³-hybridized carbons (Fsp3) is 0.286. The maximum absolute atomic E-state index is 13.4. The number of carbonyl (C=O) groups excluding carboxylic acids is 2. The van der Waals surface area contributed by atoms with Gasteiger partial charge in [-0.25, -0.2) is 0 Å². The number of amides is 1. The number of halogens is 1. The van der Waals surface area contributed by atoms with E-state index in [0.717, 1.165) is 5.56 Å². The molecule has 2 heterocycles. The van der Waals surface area contributed by atoms with Crippen molar-refractivity contribution >= 4 is 29.2 Å². The third-order valence-corrected chi connectivity index (χ3v) is 6.22. The Kier molecular flexibility index (Phi) is 4.18. The average Bonchev–Trinajstić information content (AvgIpc) is 3.16. The number of benzene rings is 2. The quantitative estimate of drug-likeness (QED) is 0.790. The standard InChI is InChI=1S/C21H18ClN3O3/c1-25-11-16(13-7-9-14(22)10-8-13)20(12-23,19(27)28-2)21(25)15-5-3-4-6-17(15)24-18(21)26/h3-10,16H,11H2,1-2H3,(H,24,26)/t16-,20+,21+/m1/s1. The van der Waals surface area contributed by atoms with E-state index in [1.807, 2.05) is 0 Å². The van der Waals surface area contributed by atoms with Gasteiger partial charge in [0.15, 0.2) is 11.0 Å². The van der Waals surface area contributed by atoms with E-state index in [0.29, 0.717) is 22.8 Å². The normalized spacial score (nSPS) is 28.6. The highest BCUT2D eigenvalue weighted by Gasteiger charge is 2.75. The summed E-state index contributed by atoms with van der Waals surface area (Å²) in [7, 11) is 3.00. The highest BCUT2D eigenvalue weighted by atomic mass is 35.5. The van der Waals surface area contributed by atoms with Crippen LogP contribution in [0.4, 0.5) is 5.69 Å². The lowest BCUT2D eigenvalue weighted by Crippen LogP contribution is -2.58. The van der Waals surface area contributed by atoms with E-state index < -0.39 is 28.7 Å². The molecule has 1 N–H and O–H groups in total. The number of nitriles is 1. The van der Waals surface area contributed by atoms with Gasteiger partial charge in [-0.2, -0.15) is 5.26 Å². The molecule has 1 amide bonds. The van der Waals surface area contributed by atoms with Crippen LogP contribution in [0, 0.1) is 16.7 Å². The summed E-state index contributed by atoms with van der Waals surface area (Å²) in [6.45, 7) is 0.325. The number of hydrogen-bond acceptors (Lipinski definition) is 5. The fourth-order valence-electron chi connectivity index (χ4n) is 4.82. The van der Waals surface area contributed by atoms with Crippen molar-refractivity contribution < 1.29 is 14.3 Å². The highest BCUT2D eigenvalue weighted by Crippen LogP contribution is 2.62. The molecular weight excluding hydrogens is 378 g/mol. The second kappa shape index (κ2) is 6.33. The average molecular weight is 396 g/mol. The van der Waals surface area contributed by atoms with Gasteiger partial charge in [0, 0.05) is 28.7 Å². The van der Waals surface area contributed by atoms with Crippen LogP contribution in [0.25, 0.3) is 0 Å². The Morgan fingerprint density at radius 2 is 1.96 bits per heavy atom. The van der Waals surface area contributed by atoms with Crippen molar-refractivity contribution in [2.75, 3.05) is 26.0 Å². The zero-order valence-electron chi connectivity index (χ0n) is 15.4.